The van der Waals surface area contributed by atoms with Gasteiger partial charge in [-0.1, -0.05) is 12.1 Å². The number of rotatable bonds is 10. The van der Waals surface area contributed by atoms with Crippen LogP contribution < -0.4 is 19.5 Å². The molecule has 0 unspecified atom stereocenters. The van der Waals surface area contributed by atoms with Crippen LogP contribution in [0, 0.1) is 0 Å². The monoisotopic (exact) mass is 547 g/mol. The number of hydrogen-bond donors (Lipinski definition) is 3. The van der Waals surface area contributed by atoms with Crippen molar-refractivity contribution in [2.24, 2.45) is 0 Å². The molecule has 40 heavy (non-hydrogen) atoms. The Balaban J connectivity index is 1.60. The van der Waals surface area contributed by atoms with Crippen molar-refractivity contribution in [2.75, 3.05) is 28.4 Å². The van der Waals surface area contributed by atoms with Crippen LogP contribution in [-0.4, -0.2) is 56.6 Å². The van der Waals surface area contributed by atoms with Gasteiger partial charge in [0.1, 0.15) is 11.8 Å². The molecule has 0 saturated carbocycles. The van der Waals surface area contributed by atoms with Gasteiger partial charge in [-0.25, -0.2) is 4.79 Å². The second-order valence-electron chi connectivity index (χ2n) is 8.73. The number of amides is 1. The number of phenols is 2. The first-order chi connectivity index (χ1) is 19.3. The Bertz CT molecular complexity index is 1570. The molecule has 0 saturated heterocycles. The average molecular weight is 548 g/mol. The molecule has 0 aliphatic carbocycles. The number of carbonyl (C=O) groups excluding carboxylic acids is 2. The molecule has 1 amide bonds. The molecule has 3 aromatic carbocycles. The molecule has 0 aliphatic heterocycles. The summed E-state index contributed by atoms with van der Waals surface area (Å²) < 4.78 is 27.2. The standard InChI is InChI=1S/C30H29NO9/c1-36-24-10-7-19(15-27(24)38-3)26-16-20-18(6-11-25(37-2)29(20)40-26)8-12-28(34)31-21(30(35)39-4)13-17-5-9-22(32)23(33)14-17/h5-12,14-16,21,32-33H,13H2,1-4H3,(H,31,34)/b12-8+/t21-/m0/s1. The van der Waals surface area contributed by atoms with Crippen LogP contribution in [0.2, 0.25) is 0 Å². The number of ether oxygens (including phenoxy) is 4. The van der Waals surface area contributed by atoms with Crippen molar-refractivity contribution in [3.8, 4) is 40.1 Å². The Morgan fingerprint density at radius 2 is 1.60 bits per heavy atom. The molecule has 0 fully saturated rings. The van der Waals surface area contributed by atoms with Gasteiger partial charge in [0.05, 0.1) is 28.4 Å². The van der Waals surface area contributed by atoms with Crippen molar-refractivity contribution in [2.45, 2.75) is 12.5 Å². The van der Waals surface area contributed by atoms with Crippen LogP contribution in [0.4, 0.5) is 0 Å². The summed E-state index contributed by atoms with van der Waals surface area (Å²) in [6, 6.07) is 13.9. The van der Waals surface area contributed by atoms with E-state index >= 15 is 0 Å². The van der Waals surface area contributed by atoms with Crippen molar-refractivity contribution in [1.29, 1.82) is 0 Å². The molecule has 0 bridgehead atoms. The molecule has 1 heterocycles. The molecule has 0 spiro atoms. The smallest absolute Gasteiger partial charge is 0.328 e. The number of nitrogens with one attached hydrogen (secondary N) is 1. The fraction of sp³-hybridized carbons (Fsp3) is 0.200. The van der Waals surface area contributed by atoms with Gasteiger partial charge >= 0.3 is 5.97 Å². The van der Waals surface area contributed by atoms with Gasteiger partial charge in [0.2, 0.25) is 5.91 Å². The fourth-order valence-corrected chi connectivity index (χ4v) is 4.21. The van der Waals surface area contributed by atoms with Crippen molar-refractivity contribution >= 4 is 28.9 Å². The number of methoxy groups -OCH3 is 4. The highest BCUT2D eigenvalue weighted by Gasteiger charge is 2.22. The number of carbonyl (C=O) groups is 2. The highest BCUT2D eigenvalue weighted by molar-refractivity contribution is 5.99. The molecular weight excluding hydrogens is 518 g/mol. The Labute approximate surface area is 230 Å². The number of furan rings is 1. The molecule has 10 nitrogen and oxygen atoms in total. The van der Waals surface area contributed by atoms with Crippen molar-refractivity contribution in [3.63, 3.8) is 0 Å². The van der Waals surface area contributed by atoms with E-state index in [1.54, 1.807) is 44.6 Å². The maximum Gasteiger partial charge on any atom is 0.328 e. The Morgan fingerprint density at radius 1 is 0.875 bits per heavy atom. The van der Waals surface area contributed by atoms with E-state index in [4.69, 9.17) is 23.4 Å². The summed E-state index contributed by atoms with van der Waals surface area (Å²) in [6.07, 6.45) is 2.95. The third kappa shape index (κ3) is 5.96. The van der Waals surface area contributed by atoms with E-state index in [0.717, 1.165) is 5.56 Å². The third-order valence-corrected chi connectivity index (χ3v) is 6.27. The molecule has 4 aromatic rings. The first-order valence-corrected chi connectivity index (χ1v) is 12.2. The van der Waals surface area contributed by atoms with E-state index < -0.39 is 17.9 Å². The Hall–Kier alpha value is -5.12. The molecule has 3 N–H and O–H groups in total. The van der Waals surface area contributed by atoms with E-state index in [0.29, 0.717) is 45.1 Å². The summed E-state index contributed by atoms with van der Waals surface area (Å²) in [6.45, 7) is 0. The maximum atomic E-state index is 12.8. The van der Waals surface area contributed by atoms with Crippen LogP contribution in [0.3, 0.4) is 0 Å². The van der Waals surface area contributed by atoms with Gasteiger partial charge in [0.25, 0.3) is 0 Å². The lowest BCUT2D eigenvalue weighted by molar-refractivity contribution is -0.144. The lowest BCUT2D eigenvalue weighted by atomic mass is 10.0. The van der Waals surface area contributed by atoms with E-state index in [2.05, 4.69) is 5.32 Å². The Morgan fingerprint density at radius 3 is 2.27 bits per heavy atom. The van der Waals surface area contributed by atoms with Crippen LogP contribution in [0.5, 0.6) is 28.7 Å². The van der Waals surface area contributed by atoms with Gasteiger partial charge < -0.3 is 38.9 Å². The quantitative estimate of drug-likeness (QED) is 0.149. The SMILES string of the molecule is COC(=O)[C@H](Cc1ccc(O)c(O)c1)NC(=O)/C=C/c1ccc(OC)c2oc(-c3ccc(OC)c(OC)c3)cc12. The van der Waals surface area contributed by atoms with E-state index in [9.17, 15) is 19.8 Å². The first kappa shape index (κ1) is 27.9. The molecule has 1 atom stereocenters. The van der Waals surface area contributed by atoms with Gasteiger partial charge in [-0.15, -0.1) is 0 Å². The maximum absolute atomic E-state index is 12.8. The minimum atomic E-state index is -1.02. The summed E-state index contributed by atoms with van der Waals surface area (Å²) >= 11 is 0. The van der Waals surface area contributed by atoms with E-state index in [1.807, 2.05) is 12.1 Å². The zero-order valence-corrected chi connectivity index (χ0v) is 22.4. The van der Waals surface area contributed by atoms with Crippen molar-refractivity contribution in [3.05, 3.63) is 71.8 Å². The molecular formula is C30H29NO9. The summed E-state index contributed by atoms with van der Waals surface area (Å²) in [5.41, 5.74) is 2.45. The van der Waals surface area contributed by atoms with Gasteiger partial charge in [-0.3, -0.25) is 4.79 Å². The summed E-state index contributed by atoms with van der Waals surface area (Å²) in [5, 5.41) is 22.6. The minimum absolute atomic E-state index is 0.0449. The normalized spacial score (nSPS) is 11.8. The zero-order valence-electron chi connectivity index (χ0n) is 22.4. The number of phenolic OH excluding ortho intramolecular Hbond substituents is 2. The molecule has 0 aliphatic rings. The summed E-state index contributed by atoms with van der Waals surface area (Å²) in [7, 11) is 5.87. The molecule has 0 radical (unpaired) electrons. The molecule has 1 aromatic heterocycles. The number of benzene rings is 3. The highest BCUT2D eigenvalue weighted by Crippen LogP contribution is 2.38. The summed E-state index contributed by atoms with van der Waals surface area (Å²) in [5.74, 6) is 0.400. The van der Waals surface area contributed by atoms with E-state index in [-0.39, 0.29) is 17.9 Å². The predicted octanol–water partition coefficient (Wildman–Crippen LogP) is 4.45. The summed E-state index contributed by atoms with van der Waals surface area (Å²) in [4.78, 5) is 25.1. The van der Waals surface area contributed by atoms with Crippen LogP contribution in [0.25, 0.3) is 28.4 Å². The van der Waals surface area contributed by atoms with Gasteiger partial charge in [-0.05, 0) is 59.7 Å². The van der Waals surface area contributed by atoms with Crippen LogP contribution in [0.15, 0.2) is 65.1 Å². The number of aromatic hydroxyl groups is 2. The fourth-order valence-electron chi connectivity index (χ4n) is 4.21. The van der Waals surface area contributed by atoms with Gasteiger partial charge in [0, 0.05) is 23.4 Å². The number of esters is 1. The van der Waals surface area contributed by atoms with Gasteiger partial charge in [0.15, 0.2) is 34.3 Å². The van der Waals surface area contributed by atoms with Crippen molar-refractivity contribution < 1.29 is 43.2 Å². The molecule has 10 heteroatoms. The number of fused-ring (bicyclic) bond motifs is 1. The molecule has 208 valence electrons. The van der Waals surface area contributed by atoms with Crippen LogP contribution >= 0.6 is 0 Å². The van der Waals surface area contributed by atoms with Gasteiger partial charge in [-0.2, -0.15) is 0 Å². The number of hydrogen-bond acceptors (Lipinski definition) is 9. The zero-order chi connectivity index (χ0) is 28.8. The molecule has 4 rings (SSSR count). The Kier molecular flexibility index (Phi) is 8.48. The van der Waals surface area contributed by atoms with Crippen molar-refractivity contribution in [1.82, 2.24) is 5.32 Å². The topological polar surface area (TPSA) is 137 Å². The first-order valence-electron chi connectivity index (χ1n) is 12.2. The second-order valence-corrected chi connectivity index (χ2v) is 8.73. The average Bonchev–Trinajstić information content (AvgIpc) is 3.42. The highest BCUT2D eigenvalue weighted by atomic mass is 16.5. The van der Waals surface area contributed by atoms with E-state index in [1.165, 1.54) is 38.5 Å². The predicted molar refractivity (Wildman–Crippen MR) is 148 cm³/mol. The lowest BCUT2D eigenvalue weighted by Gasteiger charge is -2.16. The largest absolute Gasteiger partial charge is 0.504 e. The van der Waals surface area contributed by atoms with Crippen LogP contribution in [0.1, 0.15) is 11.1 Å². The lowest BCUT2D eigenvalue weighted by Crippen LogP contribution is -2.42. The minimum Gasteiger partial charge on any atom is -0.504 e. The van der Waals surface area contributed by atoms with Crippen LogP contribution in [-0.2, 0) is 20.7 Å². The second kappa shape index (κ2) is 12.2. The third-order valence-electron chi connectivity index (χ3n) is 6.27.